The molecule has 3 nitrogen and oxygen atoms in total. The van der Waals surface area contributed by atoms with Gasteiger partial charge >= 0.3 is 0 Å². The van der Waals surface area contributed by atoms with Crippen molar-refractivity contribution in [3.63, 3.8) is 0 Å². The maximum Gasteiger partial charge on any atom is 0.228 e. The van der Waals surface area contributed by atoms with Gasteiger partial charge in [0.1, 0.15) is 0 Å². The van der Waals surface area contributed by atoms with E-state index in [4.69, 9.17) is 0 Å². The number of hydrogen-bond acceptors (Lipinski definition) is 1. The second-order valence-electron chi connectivity index (χ2n) is 6.11. The van der Waals surface area contributed by atoms with Crippen LogP contribution in [0.25, 0.3) is 0 Å². The largest absolute Gasteiger partial charge is 0.342 e. The molecule has 0 spiro atoms. The molecule has 1 aromatic heterocycles. The SMILES string of the molecule is Cc1cc[n+](CCC(=O)N2CC(C)CC(C)C2)cc1. The van der Waals surface area contributed by atoms with E-state index >= 15 is 0 Å². The molecule has 1 aromatic rings. The molecule has 0 saturated carbocycles. The van der Waals surface area contributed by atoms with Gasteiger partial charge in [0.15, 0.2) is 18.9 Å². The van der Waals surface area contributed by atoms with Gasteiger partial charge in [-0.2, -0.15) is 0 Å². The van der Waals surface area contributed by atoms with Crippen molar-refractivity contribution in [2.45, 2.75) is 40.2 Å². The normalized spacial score (nSPS) is 23.4. The third-order valence-electron chi connectivity index (χ3n) is 3.86. The molecule has 0 N–H and O–H groups in total. The molecule has 2 heterocycles. The highest BCUT2D eigenvalue weighted by Crippen LogP contribution is 2.21. The number of pyridine rings is 1. The second kappa shape index (κ2) is 6.18. The highest BCUT2D eigenvalue weighted by atomic mass is 16.2. The van der Waals surface area contributed by atoms with Crippen LogP contribution in [-0.2, 0) is 11.3 Å². The molecule has 1 amide bonds. The first kappa shape index (κ1) is 14.0. The predicted molar refractivity (Wildman–Crippen MR) is 75.5 cm³/mol. The van der Waals surface area contributed by atoms with Crippen molar-refractivity contribution in [1.29, 1.82) is 0 Å². The summed E-state index contributed by atoms with van der Waals surface area (Å²) in [7, 11) is 0. The summed E-state index contributed by atoms with van der Waals surface area (Å²) in [6.45, 7) is 9.20. The van der Waals surface area contributed by atoms with Crippen molar-refractivity contribution in [3.8, 4) is 0 Å². The molecule has 1 aliphatic rings. The highest BCUT2D eigenvalue weighted by Gasteiger charge is 2.25. The van der Waals surface area contributed by atoms with Gasteiger partial charge in [-0.05, 0) is 30.7 Å². The molecule has 2 rings (SSSR count). The number of amides is 1. The number of rotatable bonds is 3. The van der Waals surface area contributed by atoms with Gasteiger partial charge in [-0.25, -0.2) is 4.57 Å². The number of carbonyl (C=O) groups is 1. The summed E-state index contributed by atoms with van der Waals surface area (Å²) in [6, 6.07) is 4.16. The molecule has 0 aromatic carbocycles. The van der Waals surface area contributed by atoms with E-state index in [2.05, 4.69) is 37.5 Å². The Bertz CT molecular complexity index is 417. The van der Waals surface area contributed by atoms with Crippen molar-refractivity contribution in [1.82, 2.24) is 4.90 Å². The maximum absolute atomic E-state index is 12.2. The molecule has 0 bridgehead atoms. The Morgan fingerprint density at radius 2 is 1.84 bits per heavy atom. The number of likely N-dealkylation sites (tertiary alicyclic amines) is 1. The zero-order valence-electron chi connectivity index (χ0n) is 12.3. The van der Waals surface area contributed by atoms with Crippen LogP contribution >= 0.6 is 0 Å². The van der Waals surface area contributed by atoms with Crippen LogP contribution in [0, 0.1) is 18.8 Å². The minimum atomic E-state index is 0.298. The van der Waals surface area contributed by atoms with Gasteiger partial charge in [-0.1, -0.05) is 13.8 Å². The third kappa shape index (κ3) is 4.05. The fourth-order valence-corrected chi connectivity index (χ4v) is 2.93. The van der Waals surface area contributed by atoms with E-state index in [9.17, 15) is 4.79 Å². The Hall–Kier alpha value is -1.38. The average molecular weight is 261 g/mol. The monoisotopic (exact) mass is 261 g/mol. The van der Waals surface area contributed by atoms with Crippen LogP contribution in [0.4, 0.5) is 0 Å². The standard InChI is InChI=1S/C16H25N2O/c1-13-4-7-17(8-5-13)9-6-16(19)18-11-14(2)10-15(3)12-18/h4-5,7-8,14-15H,6,9-12H2,1-3H3/q+1. The Labute approximate surface area is 116 Å². The van der Waals surface area contributed by atoms with Crippen molar-refractivity contribution in [3.05, 3.63) is 30.1 Å². The van der Waals surface area contributed by atoms with Crippen LogP contribution in [0.5, 0.6) is 0 Å². The fraction of sp³-hybridized carbons (Fsp3) is 0.625. The smallest absolute Gasteiger partial charge is 0.228 e. The Balaban J connectivity index is 1.85. The average Bonchev–Trinajstić information content (AvgIpc) is 2.36. The Morgan fingerprint density at radius 3 is 2.42 bits per heavy atom. The number of nitrogens with zero attached hydrogens (tertiary/aromatic N) is 2. The Morgan fingerprint density at radius 1 is 1.26 bits per heavy atom. The van der Waals surface area contributed by atoms with Crippen molar-refractivity contribution < 1.29 is 9.36 Å². The topological polar surface area (TPSA) is 24.2 Å². The predicted octanol–water partition coefficient (Wildman–Crippen LogP) is 2.18. The van der Waals surface area contributed by atoms with Crippen molar-refractivity contribution >= 4 is 5.91 Å². The first-order chi connectivity index (χ1) is 9.04. The first-order valence-electron chi connectivity index (χ1n) is 7.28. The number of hydrogen-bond donors (Lipinski definition) is 0. The number of aromatic nitrogens is 1. The van der Waals surface area contributed by atoms with Gasteiger partial charge < -0.3 is 4.90 Å². The molecule has 104 valence electrons. The summed E-state index contributed by atoms with van der Waals surface area (Å²) < 4.78 is 2.09. The van der Waals surface area contributed by atoms with Crippen LogP contribution in [0.2, 0.25) is 0 Å². The lowest BCUT2D eigenvalue weighted by Gasteiger charge is -2.34. The highest BCUT2D eigenvalue weighted by molar-refractivity contribution is 5.76. The molecular formula is C16H25N2O+. The van der Waals surface area contributed by atoms with Gasteiger partial charge in [0, 0.05) is 25.2 Å². The van der Waals surface area contributed by atoms with E-state index in [0.717, 1.165) is 19.6 Å². The molecule has 1 fully saturated rings. The van der Waals surface area contributed by atoms with Crippen molar-refractivity contribution in [2.75, 3.05) is 13.1 Å². The quantitative estimate of drug-likeness (QED) is 0.765. The summed E-state index contributed by atoms with van der Waals surface area (Å²) in [4.78, 5) is 14.3. The van der Waals surface area contributed by atoms with E-state index < -0.39 is 0 Å². The molecule has 2 atom stereocenters. The van der Waals surface area contributed by atoms with E-state index in [0.29, 0.717) is 24.2 Å². The van der Waals surface area contributed by atoms with E-state index in [1.165, 1.54) is 12.0 Å². The van der Waals surface area contributed by atoms with Gasteiger partial charge in [0.2, 0.25) is 5.91 Å². The molecule has 2 unspecified atom stereocenters. The van der Waals surface area contributed by atoms with E-state index in [1.807, 2.05) is 17.3 Å². The number of carbonyl (C=O) groups excluding carboxylic acids is 1. The zero-order valence-corrected chi connectivity index (χ0v) is 12.3. The minimum Gasteiger partial charge on any atom is -0.342 e. The fourth-order valence-electron chi connectivity index (χ4n) is 2.93. The summed E-state index contributed by atoms with van der Waals surface area (Å²) in [5.74, 6) is 1.57. The van der Waals surface area contributed by atoms with Crippen LogP contribution in [0.1, 0.15) is 32.3 Å². The lowest BCUT2D eigenvalue weighted by atomic mass is 9.92. The molecule has 1 aliphatic heterocycles. The Kier molecular flexibility index (Phi) is 4.56. The van der Waals surface area contributed by atoms with Gasteiger partial charge in [0.05, 0.1) is 6.42 Å². The molecule has 19 heavy (non-hydrogen) atoms. The third-order valence-corrected chi connectivity index (χ3v) is 3.86. The molecule has 0 aliphatic carbocycles. The summed E-state index contributed by atoms with van der Waals surface area (Å²) in [5, 5.41) is 0. The van der Waals surface area contributed by atoms with Crippen LogP contribution < -0.4 is 4.57 Å². The minimum absolute atomic E-state index is 0.298. The first-order valence-corrected chi connectivity index (χ1v) is 7.28. The summed E-state index contributed by atoms with van der Waals surface area (Å²) in [6.07, 6.45) is 5.94. The van der Waals surface area contributed by atoms with E-state index in [1.54, 1.807) is 0 Å². The van der Waals surface area contributed by atoms with E-state index in [-0.39, 0.29) is 0 Å². The van der Waals surface area contributed by atoms with Gasteiger partial charge in [0.25, 0.3) is 0 Å². The van der Waals surface area contributed by atoms with Gasteiger partial charge in [-0.15, -0.1) is 0 Å². The van der Waals surface area contributed by atoms with Crippen LogP contribution in [0.3, 0.4) is 0 Å². The second-order valence-corrected chi connectivity index (χ2v) is 6.11. The summed E-state index contributed by atoms with van der Waals surface area (Å²) in [5.41, 5.74) is 1.25. The molecule has 0 radical (unpaired) electrons. The molecule has 3 heteroatoms. The maximum atomic E-state index is 12.2. The van der Waals surface area contributed by atoms with Crippen molar-refractivity contribution in [2.24, 2.45) is 11.8 Å². The van der Waals surface area contributed by atoms with Gasteiger partial charge in [-0.3, -0.25) is 4.79 Å². The lowest BCUT2D eigenvalue weighted by Crippen LogP contribution is -2.44. The van der Waals surface area contributed by atoms with Crippen LogP contribution in [-0.4, -0.2) is 23.9 Å². The molecule has 1 saturated heterocycles. The zero-order chi connectivity index (χ0) is 13.8. The lowest BCUT2D eigenvalue weighted by molar-refractivity contribution is -0.696. The summed E-state index contributed by atoms with van der Waals surface area (Å²) >= 11 is 0. The van der Waals surface area contributed by atoms with Crippen LogP contribution in [0.15, 0.2) is 24.5 Å². The molecular weight excluding hydrogens is 236 g/mol. The number of aryl methyl sites for hydroxylation is 2. The number of piperidine rings is 1.